The zero-order valence-electron chi connectivity index (χ0n) is 16.3. The van der Waals surface area contributed by atoms with Gasteiger partial charge in [0.2, 0.25) is 5.91 Å². The molecule has 3 N–H and O–H groups in total. The molecule has 1 aliphatic carbocycles. The van der Waals surface area contributed by atoms with Gasteiger partial charge in [0.15, 0.2) is 0 Å². The normalized spacial score (nSPS) is 24.4. The van der Waals surface area contributed by atoms with Crippen molar-refractivity contribution in [2.24, 2.45) is 11.1 Å². The van der Waals surface area contributed by atoms with Gasteiger partial charge in [-0.1, -0.05) is 26.0 Å². The molecule has 1 aromatic heterocycles. The highest BCUT2D eigenvalue weighted by Crippen LogP contribution is 2.50. The minimum Gasteiger partial charge on any atom is -0.378 e. The minimum atomic E-state index is -0.916. The molecule has 27 heavy (non-hydrogen) atoms. The van der Waals surface area contributed by atoms with Crippen LogP contribution in [0.25, 0.3) is 5.69 Å². The highest BCUT2D eigenvalue weighted by molar-refractivity contribution is 5.89. The Morgan fingerprint density at radius 2 is 2.19 bits per heavy atom. The van der Waals surface area contributed by atoms with Crippen LogP contribution in [-0.4, -0.2) is 33.9 Å². The summed E-state index contributed by atoms with van der Waals surface area (Å²) in [6, 6.07) is 9.69. The monoisotopic (exact) mass is 392 g/mol. The van der Waals surface area contributed by atoms with E-state index in [0.717, 1.165) is 11.3 Å². The smallest absolute Gasteiger partial charge is 0.241 e. The average Bonchev–Trinajstić information content (AvgIpc) is 3.16. The molecular formula is C20H29ClN4O2. The summed E-state index contributed by atoms with van der Waals surface area (Å²) in [7, 11) is 0. The Morgan fingerprint density at radius 3 is 2.78 bits per heavy atom. The Morgan fingerprint density at radius 1 is 1.44 bits per heavy atom. The number of halogens is 1. The molecule has 1 aliphatic rings. The van der Waals surface area contributed by atoms with Gasteiger partial charge in [-0.25, -0.2) is 4.68 Å². The summed E-state index contributed by atoms with van der Waals surface area (Å²) in [5.41, 5.74) is 7.12. The largest absolute Gasteiger partial charge is 0.378 e. The van der Waals surface area contributed by atoms with Crippen molar-refractivity contribution in [3.63, 3.8) is 0 Å². The summed E-state index contributed by atoms with van der Waals surface area (Å²) in [5, 5.41) is 7.33. The highest BCUT2D eigenvalue weighted by Gasteiger charge is 2.62. The minimum absolute atomic E-state index is 0. The molecule has 3 atom stereocenters. The first-order chi connectivity index (χ1) is 12.3. The van der Waals surface area contributed by atoms with Crippen molar-refractivity contribution >= 4 is 18.3 Å². The van der Waals surface area contributed by atoms with Gasteiger partial charge in [-0.05, 0) is 37.6 Å². The second-order valence-corrected chi connectivity index (χ2v) is 7.58. The van der Waals surface area contributed by atoms with E-state index in [1.807, 2.05) is 64.2 Å². The fraction of sp³-hybridized carbons (Fsp3) is 0.500. The van der Waals surface area contributed by atoms with E-state index in [-0.39, 0.29) is 30.5 Å². The number of nitrogens with two attached hydrogens (primary N) is 1. The van der Waals surface area contributed by atoms with E-state index in [0.29, 0.717) is 13.0 Å². The molecule has 2 aromatic rings. The zero-order valence-corrected chi connectivity index (χ0v) is 17.1. The molecule has 6 nitrogen and oxygen atoms in total. The van der Waals surface area contributed by atoms with Gasteiger partial charge in [-0.2, -0.15) is 5.10 Å². The van der Waals surface area contributed by atoms with Crippen LogP contribution < -0.4 is 11.1 Å². The van der Waals surface area contributed by atoms with E-state index in [9.17, 15) is 4.79 Å². The van der Waals surface area contributed by atoms with Crippen molar-refractivity contribution < 1.29 is 9.53 Å². The van der Waals surface area contributed by atoms with E-state index < -0.39 is 11.0 Å². The van der Waals surface area contributed by atoms with Gasteiger partial charge in [0.25, 0.3) is 0 Å². The van der Waals surface area contributed by atoms with Crippen LogP contribution in [0.15, 0.2) is 42.7 Å². The summed E-state index contributed by atoms with van der Waals surface area (Å²) >= 11 is 0. The first-order valence-corrected chi connectivity index (χ1v) is 9.11. The number of benzene rings is 1. The highest BCUT2D eigenvalue weighted by atomic mass is 35.5. The van der Waals surface area contributed by atoms with Crippen LogP contribution in [0.1, 0.15) is 45.7 Å². The van der Waals surface area contributed by atoms with Gasteiger partial charge in [0.1, 0.15) is 5.54 Å². The Kier molecular flexibility index (Phi) is 6.35. The second-order valence-electron chi connectivity index (χ2n) is 7.58. The molecule has 1 amide bonds. The Balaban J connectivity index is 0.00000261. The molecule has 1 heterocycles. The molecule has 1 fully saturated rings. The van der Waals surface area contributed by atoms with Gasteiger partial charge in [0, 0.05) is 30.8 Å². The number of aromatic nitrogens is 2. The van der Waals surface area contributed by atoms with Crippen LogP contribution in [0, 0.1) is 5.41 Å². The molecule has 148 valence electrons. The van der Waals surface area contributed by atoms with E-state index in [1.165, 1.54) is 0 Å². The third kappa shape index (κ3) is 3.74. The number of carbonyl (C=O) groups excluding carboxylic acids is 1. The van der Waals surface area contributed by atoms with Gasteiger partial charge >= 0.3 is 0 Å². The fourth-order valence-corrected chi connectivity index (χ4v) is 3.59. The predicted octanol–water partition coefficient (Wildman–Crippen LogP) is 3.00. The van der Waals surface area contributed by atoms with Crippen LogP contribution in [0.2, 0.25) is 0 Å². The summed E-state index contributed by atoms with van der Waals surface area (Å²) in [6.45, 7) is 8.55. The van der Waals surface area contributed by atoms with Crippen molar-refractivity contribution in [1.29, 1.82) is 0 Å². The van der Waals surface area contributed by atoms with Crippen molar-refractivity contribution in [1.82, 2.24) is 15.1 Å². The molecule has 0 saturated heterocycles. The SMILES string of the molecule is CCOC1CC(N)(C(=O)NC(C)c2cccc(-n3cccn3)c2)C1(C)C.Cl. The van der Waals surface area contributed by atoms with Crippen LogP contribution in [0.5, 0.6) is 0 Å². The Bertz CT molecular complexity index is 778. The summed E-state index contributed by atoms with van der Waals surface area (Å²) in [4.78, 5) is 12.9. The first-order valence-electron chi connectivity index (χ1n) is 9.11. The van der Waals surface area contributed by atoms with Gasteiger partial charge in [-0.3, -0.25) is 4.79 Å². The van der Waals surface area contributed by atoms with E-state index >= 15 is 0 Å². The molecule has 7 heteroatoms. The molecule has 1 aromatic carbocycles. The van der Waals surface area contributed by atoms with E-state index in [2.05, 4.69) is 10.4 Å². The topological polar surface area (TPSA) is 82.2 Å². The number of carbonyl (C=O) groups is 1. The Labute approximate surface area is 166 Å². The first kappa shape index (κ1) is 21.4. The number of rotatable bonds is 6. The standard InChI is InChI=1S/C20H28N4O2.ClH/c1-5-26-17-13-20(21,19(17,3)4)18(25)23-14(2)15-8-6-9-16(12-15)24-11-7-10-22-24;/h6-12,14,17H,5,13,21H2,1-4H3,(H,23,25);1H. The maximum absolute atomic E-state index is 12.9. The molecule has 1 saturated carbocycles. The van der Waals surface area contributed by atoms with Crippen LogP contribution >= 0.6 is 12.4 Å². The third-order valence-corrected chi connectivity index (χ3v) is 5.72. The summed E-state index contributed by atoms with van der Waals surface area (Å²) < 4.78 is 7.51. The van der Waals surface area contributed by atoms with Crippen molar-refractivity contribution in [2.75, 3.05) is 6.61 Å². The van der Waals surface area contributed by atoms with Crippen molar-refractivity contribution in [3.05, 3.63) is 48.3 Å². The Hall–Kier alpha value is -1.89. The molecular weight excluding hydrogens is 364 g/mol. The van der Waals surface area contributed by atoms with Crippen molar-refractivity contribution in [2.45, 2.75) is 51.8 Å². The third-order valence-electron chi connectivity index (χ3n) is 5.72. The van der Waals surface area contributed by atoms with Gasteiger partial charge in [0.05, 0.1) is 17.8 Å². The van der Waals surface area contributed by atoms with E-state index in [1.54, 1.807) is 10.9 Å². The van der Waals surface area contributed by atoms with Crippen LogP contribution in [0.4, 0.5) is 0 Å². The van der Waals surface area contributed by atoms with Crippen molar-refractivity contribution in [3.8, 4) is 5.69 Å². The number of ether oxygens (including phenoxy) is 1. The fourth-order valence-electron chi connectivity index (χ4n) is 3.59. The molecule has 3 rings (SSSR count). The lowest BCUT2D eigenvalue weighted by atomic mass is 9.54. The lowest BCUT2D eigenvalue weighted by Crippen LogP contribution is -2.75. The maximum Gasteiger partial charge on any atom is 0.241 e. The van der Waals surface area contributed by atoms with Crippen LogP contribution in [-0.2, 0) is 9.53 Å². The summed E-state index contributed by atoms with van der Waals surface area (Å²) in [5.74, 6) is -0.129. The molecule has 0 radical (unpaired) electrons. The molecule has 0 spiro atoms. The quantitative estimate of drug-likeness (QED) is 0.791. The zero-order chi connectivity index (χ0) is 18.9. The maximum atomic E-state index is 12.9. The molecule has 0 aliphatic heterocycles. The average molecular weight is 393 g/mol. The van der Waals surface area contributed by atoms with E-state index in [4.69, 9.17) is 10.5 Å². The molecule has 0 bridgehead atoms. The number of amides is 1. The number of hydrogen-bond acceptors (Lipinski definition) is 4. The lowest BCUT2D eigenvalue weighted by Gasteiger charge is -2.57. The van der Waals surface area contributed by atoms with Crippen LogP contribution in [0.3, 0.4) is 0 Å². The lowest BCUT2D eigenvalue weighted by molar-refractivity contribution is -0.171. The number of hydrogen-bond donors (Lipinski definition) is 2. The summed E-state index contributed by atoms with van der Waals surface area (Å²) in [6.07, 6.45) is 4.19. The van der Waals surface area contributed by atoms with Gasteiger partial charge in [-0.15, -0.1) is 12.4 Å². The number of nitrogens with one attached hydrogen (secondary N) is 1. The predicted molar refractivity (Wildman–Crippen MR) is 108 cm³/mol. The van der Waals surface area contributed by atoms with Gasteiger partial charge < -0.3 is 15.8 Å². The molecule has 3 unspecified atom stereocenters. The number of nitrogens with zero attached hydrogens (tertiary/aromatic N) is 2. The second kappa shape index (κ2) is 8.00.